The van der Waals surface area contributed by atoms with Crippen LogP contribution < -0.4 is 15.4 Å². The molecule has 1 atom stereocenters. The first-order chi connectivity index (χ1) is 20.3. The number of anilines is 1. The van der Waals surface area contributed by atoms with Crippen molar-refractivity contribution in [3.8, 4) is 28.0 Å². The van der Waals surface area contributed by atoms with Crippen LogP contribution in [-0.2, 0) is 11.3 Å². The summed E-state index contributed by atoms with van der Waals surface area (Å²) in [5.41, 5.74) is 3.49. The number of benzene rings is 3. The molecule has 3 amide bonds. The molecule has 3 aromatic rings. The Balaban J connectivity index is 1.67. The van der Waals surface area contributed by atoms with Crippen molar-refractivity contribution in [2.75, 3.05) is 33.1 Å². The van der Waals surface area contributed by atoms with E-state index >= 15 is 4.39 Å². The molecular weight excluding hydrogens is 575 g/mol. The molecule has 0 bridgehead atoms. The fraction of sp³-hybridized carbons (Fsp3) is 0.312. The molecule has 0 fully saturated rings. The first-order valence-electron chi connectivity index (χ1n) is 13.6. The predicted molar refractivity (Wildman–Crippen MR) is 165 cm³/mol. The van der Waals surface area contributed by atoms with Gasteiger partial charge < -0.3 is 30.5 Å². The van der Waals surface area contributed by atoms with Gasteiger partial charge in [0.15, 0.2) is 6.23 Å². The average molecular weight is 611 g/mol. The van der Waals surface area contributed by atoms with Gasteiger partial charge in [-0.05, 0) is 55.7 Å². The maximum atomic E-state index is 15.4. The van der Waals surface area contributed by atoms with E-state index in [1.807, 2.05) is 39.0 Å². The van der Waals surface area contributed by atoms with E-state index in [4.69, 9.17) is 16.3 Å². The number of likely N-dealkylation sites (N-methyl/N-ethyl adjacent to an activating group) is 1. The molecule has 228 valence electrons. The van der Waals surface area contributed by atoms with Crippen molar-refractivity contribution in [3.05, 3.63) is 82.3 Å². The number of rotatable bonds is 9. The second-order valence-electron chi connectivity index (χ2n) is 11.1. The highest BCUT2D eigenvalue weighted by Gasteiger charge is 2.33. The molecule has 0 saturated carbocycles. The van der Waals surface area contributed by atoms with Gasteiger partial charge in [-0.3, -0.25) is 9.69 Å². The second-order valence-corrected chi connectivity index (χ2v) is 11.5. The number of ether oxygens (including phenoxy) is 1. The third kappa shape index (κ3) is 6.52. The number of hydrogen-bond donors (Lipinski definition) is 4. The molecule has 9 nitrogen and oxygen atoms in total. The largest absolute Gasteiger partial charge is 0.496 e. The monoisotopic (exact) mass is 610 g/mol. The first-order valence-corrected chi connectivity index (χ1v) is 14.0. The Labute approximate surface area is 255 Å². The predicted octanol–water partition coefficient (Wildman–Crippen LogP) is 5.13. The molecule has 0 aromatic heterocycles. The molecule has 3 aromatic carbocycles. The lowest BCUT2D eigenvalue weighted by molar-refractivity contribution is -0.115. The van der Waals surface area contributed by atoms with Crippen molar-refractivity contribution in [2.45, 2.75) is 39.1 Å². The van der Waals surface area contributed by atoms with Gasteiger partial charge >= 0.3 is 6.03 Å². The summed E-state index contributed by atoms with van der Waals surface area (Å²) < 4.78 is 20.9. The van der Waals surface area contributed by atoms with Crippen molar-refractivity contribution in [1.29, 1.82) is 0 Å². The summed E-state index contributed by atoms with van der Waals surface area (Å²) >= 11 is 6.95. The van der Waals surface area contributed by atoms with E-state index in [0.717, 1.165) is 16.0 Å². The van der Waals surface area contributed by atoms with Crippen LogP contribution in [0.4, 0.5) is 14.9 Å². The molecule has 1 heterocycles. The lowest BCUT2D eigenvalue weighted by atomic mass is 9.94. The SMILES string of the molecule is COc1cc(-c2cccc(-c3cccc(NC(=O)C4=CN(C)C(=O)N(C)C4O)c3C)c2Cl)cc(F)c1CNC(C)(C)CO. The Kier molecular flexibility index (Phi) is 9.46. The highest BCUT2D eigenvalue weighted by molar-refractivity contribution is 6.36. The molecule has 4 rings (SSSR count). The molecule has 0 saturated heterocycles. The topological polar surface area (TPSA) is 114 Å². The minimum absolute atomic E-state index is 0.0176. The molecule has 4 N–H and O–H groups in total. The standard InChI is InChI=1S/C32H36ClFN4O5/c1-18-20(9-8-12-26(18)36-29(40)24-16-37(4)31(42)38(5)30(24)41)22-11-7-10-21(28(22)33)19-13-25(34)23(27(14-19)43-6)15-35-32(2,3)17-39/h7-14,16,30,35,39,41H,15,17H2,1-6H3,(H,36,40). The van der Waals surface area contributed by atoms with Crippen LogP contribution in [0.25, 0.3) is 22.3 Å². The maximum Gasteiger partial charge on any atom is 0.325 e. The van der Waals surface area contributed by atoms with Crippen LogP contribution in [0.15, 0.2) is 60.3 Å². The first kappa shape index (κ1) is 32.0. The number of hydrogen-bond acceptors (Lipinski definition) is 6. The fourth-order valence-electron chi connectivity index (χ4n) is 4.79. The zero-order chi connectivity index (χ0) is 31.6. The van der Waals surface area contributed by atoms with Gasteiger partial charge in [-0.15, -0.1) is 0 Å². The number of carbonyl (C=O) groups excluding carboxylic acids is 2. The Morgan fingerprint density at radius 1 is 1.12 bits per heavy atom. The summed E-state index contributed by atoms with van der Waals surface area (Å²) in [6.45, 7) is 5.51. The molecule has 0 spiro atoms. The van der Waals surface area contributed by atoms with Crippen molar-refractivity contribution in [3.63, 3.8) is 0 Å². The Bertz CT molecular complexity index is 1590. The van der Waals surface area contributed by atoms with Crippen LogP contribution in [0.3, 0.4) is 0 Å². The van der Waals surface area contributed by atoms with E-state index in [1.165, 1.54) is 38.4 Å². The van der Waals surface area contributed by atoms with Crippen molar-refractivity contribution >= 4 is 29.2 Å². The molecular formula is C32H36ClFN4O5. The quantitative estimate of drug-likeness (QED) is 0.267. The van der Waals surface area contributed by atoms with Crippen molar-refractivity contribution in [1.82, 2.24) is 15.1 Å². The molecule has 1 unspecified atom stereocenters. The van der Waals surface area contributed by atoms with Crippen LogP contribution >= 0.6 is 11.6 Å². The van der Waals surface area contributed by atoms with Crippen molar-refractivity contribution < 1.29 is 28.9 Å². The summed E-state index contributed by atoms with van der Waals surface area (Å²) in [6.07, 6.45) is -0.0801. The number of methoxy groups -OCH3 is 1. The number of nitrogens with one attached hydrogen (secondary N) is 2. The second kappa shape index (κ2) is 12.7. The lowest BCUT2D eigenvalue weighted by Crippen LogP contribution is -2.49. The number of amides is 3. The zero-order valence-electron chi connectivity index (χ0n) is 25.0. The van der Waals surface area contributed by atoms with Gasteiger partial charge in [0.1, 0.15) is 11.6 Å². The average Bonchev–Trinajstić information content (AvgIpc) is 2.98. The van der Waals surface area contributed by atoms with Crippen LogP contribution in [0.1, 0.15) is 25.0 Å². The van der Waals surface area contributed by atoms with E-state index in [9.17, 15) is 19.8 Å². The van der Waals surface area contributed by atoms with E-state index in [0.29, 0.717) is 38.7 Å². The van der Waals surface area contributed by atoms with Gasteiger partial charge in [-0.1, -0.05) is 41.9 Å². The molecule has 1 aliphatic rings. The molecule has 11 heteroatoms. The number of nitrogens with zero attached hydrogens (tertiary/aromatic N) is 2. The van der Waals surface area contributed by atoms with Gasteiger partial charge in [0.2, 0.25) is 0 Å². The summed E-state index contributed by atoms with van der Waals surface area (Å²) in [6, 6.07) is 13.5. The van der Waals surface area contributed by atoms with Crippen LogP contribution in [-0.4, -0.2) is 71.5 Å². The van der Waals surface area contributed by atoms with Crippen molar-refractivity contribution in [2.24, 2.45) is 0 Å². The Morgan fingerprint density at radius 3 is 2.44 bits per heavy atom. The fourth-order valence-corrected chi connectivity index (χ4v) is 5.13. The summed E-state index contributed by atoms with van der Waals surface area (Å²) in [4.78, 5) is 27.5. The van der Waals surface area contributed by atoms with Crippen LogP contribution in [0.2, 0.25) is 5.02 Å². The van der Waals surface area contributed by atoms with E-state index in [2.05, 4.69) is 10.6 Å². The number of carbonyl (C=O) groups is 2. The highest BCUT2D eigenvalue weighted by Crippen LogP contribution is 2.41. The number of urea groups is 1. The summed E-state index contributed by atoms with van der Waals surface area (Å²) in [5, 5.41) is 26.4. The van der Waals surface area contributed by atoms with Gasteiger partial charge in [0.05, 0.1) is 24.3 Å². The lowest BCUT2D eigenvalue weighted by Gasteiger charge is -2.33. The van der Waals surface area contributed by atoms with Gasteiger partial charge in [0, 0.05) is 54.8 Å². The highest BCUT2D eigenvalue weighted by atomic mass is 35.5. The molecule has 43 heavy (non-hydrogen) atoms. The zero-order valence-corrected chi connectivity index (χ0v) is 25.7. The van der Waals surface area contributed by atoms with Crippen LogP contribution in [0.5, 0.6) is 5.75 Å². The van der Waals surface area contributed by atoms with Gasteiger partial charge in [-0.2, -0.15) is 0 Å². The molecule has 1 aliphatic heterocycles. The normalized spacial score (nSPS) is 15.4. The number of aliphatic hydroxyl groups excluding tert-OH is 2. The molecule has 0 aliphatic carbocycles. The van der Waals surface area contributed by atoms with Gasteiger partial charge in [0.25, 0.3) is 5.91 Å². The minimum Gasteiger partial charge on any atom is -0.496 e. The number of halogens is 2. The van der Waals surface area contributed by atoms with E-state index in [1.54, 1.807) is 24.3 Å². The third-order valence-corrected chi connectivity index (χ3v) is 7.95. The summed E-state index contributed by atoms with van der Waals surface area (Å²) in [5.74, 6) is -0.690. The third-order valence-electron chi connectivity index (χ3n) is 7.54. The van der Waals surface area contributed by atoms with E-state index < -0.39 is 29.5 Å². The smallest absolute Gasteiger partial charge is 0.325 e. The minimum atomic E-state index is -1.39. The molecule has 0 radical (unpaired) electrons. The summed E-state index contributed by atoms with van der Waals surface area (Å²) in [7, 11) is 4.38. The van der Waals surface area contributed by atoms with Gasteiger partial charge in [-0.25, -0.2) is 9.18 Å². The Morgan fingerprint density at radius 2 is 1.77 bits per heavy atom. The van der Waals surface area contributed by atoms with Crippen LogP contribution in [0, 0.1) is 12.7 Å². The number of aliphatic hydroxyl groups is 2. The maximum absolute atomic E-state index is 15.4. The Hall–Kier alpha value is -3.96. The van der Waals surface area contributed by atoms with E-state index in [-0.39, 0.29) is 18.7 Å².